The van der Waals surface area contributed by atoms with E-state index in [1.54, 1.807) is 12.1 Å². The van der Waals surface area contributed by atoms with Crippen LogP contribution in [0.25, 0.3) is 0 Å². The molecule has 4 heteroatoms. The molecule has 0 unspecified atom stereocenters. The van der Waals surface area contributed by atoms with Crippen LogP contribution in [0.5, 0.6) is 0 Å². The van der Waals surface area contributed by atoms with Gasteiger partial charge in [-0.15, -0.1) is 0 Å². The van der Waals surface area contributed by atoms with E-state index in [-0.39, 0.29) is 5.56 Å². The number of benzene rings is 2. The fourth-order valence-corrected chi connectivity index (χ4v) is 1.92. The fraction of sp³-hybridized carbons (Fsp3) is 0.133. The molecule has 0 saturated carbocycles. The topological polar surface area (TPSA) is 53.0 Å². The van der Waals surface area contributed by atoms with Gasteiger partial charge in [0.25, 0.3) is 0 Å². The van der Waals surface area contributed by atoms with Crippen molar-refractivity contribution in [1.29, 1.82) is 5.26 Å². The predicted molar refractivity (Wildman–Crippen MR) is 74.1 cm³/mol. The van der Waals surface area contributed by atoms with Crippen molar-refractivity contribution in [3.63, 3.8) is 0 Å². The molecule has 0 aliphatic heterocycles. The highest BCUT2D eigenvalue weighted by atomic mass is 19.1. The van der Waals surface area contributed by atoms with Crippen LogP contribution in [0.15, 0.2) is 42.5 Å². The van der Waals surface area contributed by atoms with Crippen LogP contribution >= 0.6 is 0 Å². The van der Waals surface area contributed by atoms with Gasteiger partial charge in [0.2, 0.25) is 0 Å². The Morgan fingerprint density at radius 3 is 2.53 bits per heavy atom. The average molecular weight is 255 g/mol. The third-order valence-corrected chi connectivity index (χ3v) is 2.91. The zero-order valence-corrected chi connectivity index (χ0v) is 10.6. The summed E-state index contributed by atoms with van der Waals surface area (Å²) < 4.78 is 13.5. The van der Waals surface area contributed by atoms with Crippen molar-refractivity contribution in [2.75, 3.05) is 17.7 Å². The maximum Gasteiger partial charge on any atom is 0.143 e. The summed E-state index contributed by atoms with van der Waals surface area (Å²) in [6.45, 7) is 0.582. The lowest BCUT2D eigenvalue weighted by Gasteiger charge is -2.20. The quantitative estimate of drug-likeness (QED) is 0.858. The molecule has 2 aromatic rings. The first kappa shape index (κ1) is 12.9. The molecule has 0 saturated heterocycles. The summed E-state index contributed by atoms with van der Waals surface area (Å²) in [5, 5.41) is 9.02. The van der Waals surface area contributed by atoms with Crippen molar-refractivity contribution in [3.05, 3.63) is 59.4 Å². The molecular weight excluding hydrogens is 241 g/mol. The van der Waals surface area contributed by atoms with Gasteiger partial charge in [-0.25, -0.2) is 4.39 Å². The molecule has 3 nitrogen and oxygen atoms in total. The van der Waals surface area contributed by atoms with E-state index >= 15 is 0 Å². The molecule has 0 bridgehead atoms. The van der Waals surface area contributed by atoms with Crippen molar-refractivity contribution in [1.82, 2.24) is 0 Å². The first-order valence-electron chi connectivity index (χ1n) is 5.86. The summed E-state index contributed by atoms with van der Waals surface area (Å²) in [6, 6.07) is 14.0. The number of nitrogen functional groups attached to an aromatic ring is 1. The Bertz CT molecular complexity index is 614. The number of hydrogen-bond donors (Lipinski definition) is 1. The first-order chi connectivity index (χ1) is 9.11. The Hall–Kier alpha value is -2.54. The lowest BCUT2D eigenvalue weighted by Crippen LogP contribution is -2.18. The second-order valence-electron chi connectivity index (χ2n) is 4.34. The predicted octanol–water partition coefficient (Wildman–Crippen LogP) is 2.92. The molecule has 0 atom stereocenters. The summed E-state index contributed by atoms with van der Waals surface area (Å²) in [5.41, 5.74) is 8.03. The molecule has 0 aliphatic rings. The molecule has 0 radical (unpaired) electrons. The largest absolute Gasteiger partial charge is 0.399 e. The second-order valence-corrected chi connectivity index (χ2v) is 4.34. The third kappa shape index (κ3) is 2.83. The smallest absolute Gasteiger partial charge is 0.143 e. The maximum atomic E-state index is 13.5. The van der Waals surface area contributed by atoms with E-state index in [1.807, 2.05) is 42.3 Å². The van der Waals surface area contributed by atoms with Crippen LogP contribution in [-0.2, 0) is 6.54 Å². The lowest BCUT2D eigenvalue weighted by molar-refractivity contribution is 0.623. The number of anilines is 2. The van der Waals surface area contributed by atoms with Gasteiger partial charge in [0, 0.05) is 19.3 Å². The minimum absolute atomic E-state index is 0.0699. The van der Waals surface area contributed by atoms with E-state index in [0.717, 1.165) is 5.56 Å². The van der Waals surface area contributed by atoms with Gasteiger partial charge >= 0.3 is 0 Å². The normalized spacial score (nSPS) is 9.95. The highest BCUT2D eigenvalue weighted by molar-refractivity contribution is 5.59. The van der Waals surface area contributed by atoms with Crippen LogP contribution in [0.1, 0.15) is 11.1 Å². The molecule has 0 heterocycles. The molecule has 2 aromatic carbocycles. The molecule has 2 rings (SSSR count). The Labute approximate surface area is 111 Å². The number of nitriles is 1. The number of nitrogens with two attached hydrogens (primary N) is 1. The SMILES string of the molecule is CN(Cc1ccc(N)cc1)c1cccc(F)c1C#N. The summed E-state index contributed by atoms with van der Waals surface area (Å²) >= 11 is 0. The molecule has 0 fully saturated rings. The second kappa shape index (κ2) is 5.40. The Balaban J connectivity index is 2.25. The Morgan fingerprint density at radius 2 is 1.89 bits per heavy atom. The molecular formula is C15H14FN3. The van der Waals surface area contributed by atoms with Crippen LogP contribution in [0.2, 0.25) is 0 Å². The standard InChI is InChI=1S/C15H14FN3/c1-19(10-11-5-7-12(18)8-6-11)15-4-2-3-14(16)13(15)9-17/h2-8H,10,18H2,1H3. The summed E-state index contributed by atoms with van der Waals surface area (Å²) in [5.74, 6) is -0.496. The monoisotopic (exact) mass is 255 g/mol. The first-order valence-corrected chi connectivity index (χ1v) is 5.86. The number of halogens is 1. The molecule has 0 aliphatic carbocycles. The summed E-state index contributed by atoms with van der Waals surface area (Å²) in [7, 11) is 1.83. The third-order valence-electron chi connectivity index (χ3n) is 2.91. The minimum atomic E-state index is -0.496. The van der Waals surface area contributed by atoms with Gasteiger partial charge in [0.1, 0.15) is 17.4 Å². The molecule has 0 spiro atoms. The van der Waals surface area contributed by atoms with E-state index in [4.69, 9.17) is 11.0 Å². The summed E-state index contributed by atoms with van der Waals surface area (Å²) in [6.07, 6.45) is 0. The van der Waals surface area contributed by atoms with Gasteiger partial charge in [-0.05, 0) is 29.8 Å². The van der Waals surface area contributed by atoms with Crippen LogP contribution in [0.4, 0.5) is 15.8 Å². The fourth-order valence-electron chi connectivity index (χ4n) is 1.92. The van der Waals surface area contributed by atoms with Crippen LogP contribution in [0, 0.1) is 17.1 Å². The van der Waals surface area contributed by atoms with Gasteiger partial charge in [-0.2, -0.15) is 5.26 Å². The summed E-state index contributed by atoms with van der Waals surface area (Å²) in [4.78, 5) is 1.84. The van der Waals surface area contributed by atoms with Gasteiger partial charge in [0.05, 0.1) is 5.69 Å². The average Bonchev–Trinajstić information content (AvgIpc) is 2.41. The minimum Gasteiger partial charge on any atom is -0.399 e. The Morgan fingerprint density at radius 1 is 1.21 bits per heavy atom. The van der Waals surface area contributed by atoms with E-state index in [9.17, 15) is 4.39 Å². The van der Waals surface area contributed by atoms with E-state index < -0.39 is 5.82 Å². The molecule has 19 heavy (non-hydrogen) atoms. The van der Waals surface area contributed by atoms with E-state index in [0.29, 0.717) is 17.9 Å². The molecule has 2 N–H and O–H groups in total. The van der Waals surface area contributed by atoms with Gasteiger partial charge in [-0.1, -0.05) is 18.2 Å². The van der Waals surface area contributed by atoms with Crippen LogP contribution in [-0.4, -0.2) is 7.05 Å². The zero-order chi connectivity index (χ0) is 13.8. The van der Waals surface area contributed by atoms with Crippen LogP contribution < -0.4 is 10.6 Å². The van der Waals surface area contributed by atoms with Crippen molar-refractivity contribution in [2.24, 2.45) is 0 Å². The maximum absolute atomic E-state index is 13.5. The van der Waals surface area contributed by atoms with Gasteiger partial charge in [-0.3, -0.25) is 0 Å². The number of nitrogens with zero attached hydrogens (tertiary/aromatic N) is 2. The van der Waals surface area contributed by atoms with Gasteiger partial charge < -0.3 is 10.6 Å². The highest BCUT2D eigenvalue weighted by Gasteiger charge is 2.11. The highest BCUT2D eigenvalue weighted by Crippen LogP contribution is 2.23. The van der Waals surface area contributed by atoms with Gasteiger partial charge in [0.15, 0.2) is 0 Å². The molecule has 0 amide bonds. The van der Waals surface area contributed by atoms with Crippen molar-refractivity contribution in [2.45, 2.75) is 6.54 Å². The van der Waals surface area contributed by atoms with E-state index in [2.05, 4.69) is 0 Å². The van der Waals surface area contributed by atoms with Crippen molar-refractivity contribution >= 4 is 11.4 Å². The van der Waals surface area contributed by atoms with Crippen molar-refractivity contribution in [3.8, 4) is 6.07 Å². The lowest BCUT2D eigenvalue weighted by atomic mass is 10.1. The van der Waals surface area contributed by atoms with Crippen LogP contribution in [0.3, 0.4) is 0 Å². The Kier molecular flexibility index (Phi) is 3.67. The zero-order valence-electron chi connectivity index (χ0n) is 10.6. The molecule has 0 aromatic heterocycles. The number of rotatable bonds is 3. The van der Waals surface area contributed by atoms with Crippen molar-refractivity contribution < 1.29 is 4.39 Å². The molecule has 96 valence electrons. The van der Waals surface area contributed by atoms with E-state index in [1.165, 1.54) is 6.07 Å². The number of hydrogen-bond acceptors (Lipinski definition) is 3.